The van der Waals surface area contributed by atoms with E-state index < -0.39 is 0 Å². The summed E-state index contributed by atoms with van der Waals surface area (Å²) in [7, 11) is 0. The van der Waals surface area contributed by atoms with E-state index in [-0.39, 0.29) is 0 Å². The first-order valence-electron chi connectivity index (χ1n) is 6.32. The maximum Gasteiger partial charge on any atom is 0.0105 e. The van der Waals surface area contributed by atoms with Gasteiger partial charge in [0, 0.05) is 19.1 Å². The van der Waals surface area contributed by atoms with E-state index in [4.69, 9.17) is 5.73 Å². The van der Waals surface area contributed by atoms with Crippen molar-refractivity contribution >= 4 is 0 Å². The summed E-state index contributed by atoms with van der Waals surface area (Å²) in [6.07, 6.45) is 0. The van der Waals surface area contributed by atoms with E-state index >= 15 is 0 Å². The fourth-order valence-corrected chi connectivity index (χ4v) is 1.90. The molecule has 0 saturated heterocycles. The van der Waals surface area contributed by atoms with Gasteiger partial charge >= 0.3 is 0 Å². The van der Waals surface area contributed by atoms with Crippen molar-refractivity contribution in [1.82, 2.24) is 4.90 Å². The van der Waals surface area contributed by atoms with Crippen molar-refractivity contribution in [2.75, 3.05) is 19.6 Å². The normalized spacial score (nSPS) is 16.4. The maximum atomic E-state index is 5.75. The van der Waals surface area contributed by atoms with Gasteiger partial charge in [0.1, 0.15) is 0 Å². The Labute approximate surface area is 96.2 Å². The van der Waals surface area contributed by atoms with Crippen molar-refractivity contribution in [1.29, 1.82) is 0 Å². The molecule has 2 atom stereocenters. The molecule has 0 amide bonds. The Kier molecular flexibility index (Phi) is 7.20. The topological polar surface area (TPSA) is 29.3 Å². The Balaban J connectivity index is 4.32. The van der Waals surface area contributed by atoms with Crippen molar-refractivity contribution in [3.05, 3.63) is 0 Å². The van der Waals surface area contributed by atoms with Gasteiger partial charge in [-0.3, -0.25) is 4.90 Å². The van der Waals surface area contributed by atoms with Crippen LogP contribution in [0.2, 0.25) is 0 Å². The molecule has 2 heteroatoms. The molecule has 0 heterocycles. The standard InChI is InChI=1S/C13H30N2/c1-10(2)8-15(9-11(3)4)13(6)12(5)7-14/h10-13H,7-9,14H2,1-6H3. The first kappa shape index (κ1) is 14.9. The molecule has 0 rings (SSSR count). The van der Waals surface area contributed by atoms with Gasteiger partial charge in [0.25, 0.3) is 0 Å². The van der Waals surface area contributed by atoms with E-state index in [9.17, 15) is 0 Å². The van der Waals surface area contributed by atoms with Crippen LogP contribution in [0.25, 0.3) is 0 Å². The van der Waals surface area contributed by atoms with Crippen LogP contribution < -0.4 is 5.73 Å². The van der Waals surface area contributed by atoms with Gasteiger partial charge in [-0.05, 0) is 31.2 Å². The summed E-state index contributed by atoms with van der Waals surface area (Å²) in [5, 5.41) is 0. The van der Waals surface area contributed by atoms with Crippen LogP contribution in [0.1, 0.15) is 41.5 Å². The molecule has 0 spiro atoms. The lowest BCUT2D eigenvalue weighted by Gasteiger charge is -2.35. The molecule has 0 aliphatic heterocycles. The number of hydrogen-bond donors (Lipinski definition) is 1. The second-order valence-corrected chi connectivity index (χ2v) is 5.70. The largest absolute Gasteiger partial charge is 0.330 e. The van der Waals surface area contributed by atoms with E-state index in [0.29, 0.717) is 12.0 Å². The number of nitrogens with zero attached hydrogens (tertiary/aromatic N) is 1. The predicted molar refractivity (Wildman–Crippen MR) is 68.9 cm³/mol. The zero-order valence-electron chi connectivity index (χ0n) is 11.5. The van der Waals surface area contributed by atoms with E-state index in [2.05, 4.69) is 46.4 Å². The Morgan fingerprint density at radius 3 is 1.53 bits per heavy atom. The van der Waals surface area contributed by atoms with Gasteiger partial charge in [-0.1, -0.05) is 34.6 Å². The lowest BCUT2D eigenvalue weighted by Crippen LogP contribution is -2.43. The second kappa shape index (κ2) is 7.24. The van der Waals surface area contributed by atoms with Gasteiger partial charge in [-0.25, -0.2) is 0 Å². The molecule has 0 aromatic rings. The van der Waals surface area contributed by atoms with Crippen LogP contribution in [0.5, 0.6) is 0 Å². The Hall–Kier alpha value is -0.0800. The highest BCUT2D eigenvalue weighted by atomic mass is 15.2. The van der Waals surface area contributed by atoms with Crippen molar-refractivity contribution in [2.24, 2.45) is 23.5 Å². The summed E-state index contributed by atoms with van der Waals surface area (Å²) in [6, 6.07) is 0.597. The summed E-state index contributed by atoms with van der Waals surface area (Å²) in [4.78, 5) is 2.59. The average Bonchev–Trinajstić information content (AvgIpc) is 2.13. The monoisotopic (exact) mass is 214 g/mol. The third-order valence-corrected chi connectivity index (χ3v) is 2.97. The third-order valence-electron chi connectivity index (χ3n) is 2.97. The molecule has 92 valence electrons. The van der Waals surface area contributed by atoms with E-state index in [1.165, 1.54) is 13.1 Å². The Bertz CT molecular complexity index is 145. The van der Waals surface area contributed by atoms with Crippen molar-refractivity contribution in [3.63, 3.8) is 0 Å². The molecular formula is C13H30N2. The molecule has 0 aliphatic carbocycles. The van der Waals surface area contributed by atoms with Crippen LogP contribution in [0.4, 0.5) is 0 Å². The molecule has 0 radical (unpaired) electrons. The van der Waals surface area contributed by atoms with Crippen LogP contribution in [-0.2, 0) is 0 Å². The van der Waals surface area contributed by atoms with Crippen LogP contribution in [-0.4, -0.2) is 30.6 Å². The minimum atomic E-state index is 0.586. The minimum absolute atomic E-state index is 0.586. The molecule has 15 heavy (non-hydrogen) atoms. The lowest BCUT2D eigenvalue weighted by atomic mass is 9.99. The van der Waals surface area contributed by atoms with E-state index in [1.54, 1.807) is 0 Å². The van der Waals surface area contributed by atoms with Gasteiger partial charge in [-0.15, -0.1) is 0 Å². The summed E-state index contributed by atoms with van der Waals surface area (Å²) < 4.78 is 0. The number of nitrogens with two attached hydrogens (primary N) is 1. The van der Waals surface area contributed by atoms with Crippen molar-refractivity contribution in [2.45, 2.75) is 47.6 Å². The SMILES string of the molecule is CC(C)CN(CC(C)C)C(C)C(C)CN. The zero-order valence-corrected chi connectivity index (χ0v) is 11.5. The zero-order chi connectivity index (χ0) is 12.0. The molecule has 2 nitrogen and oxygen atoms in total. The van der Waals surface area contributed by atoms with Crippen LogP contribution in [0.15, 0.2) is 0 Å². The first-order chi connectivity index (χ1) is 6.88. The van der Waals surface area contributed by atoms with Crippen LogP contribution in [0.3, 0.4) is 0 Å². The highest BCUT2D eigenvalue weighted by molar-refractivity contribution is 4.75. The summed E-state index contributed by atoms with van der Waals surface area (Å²) in [5.74, 6) is 2.05. The fourth-order valence-electron chi connectivity index (χ4n) is 1.90. The second-order valence-electron chi connectivity index (χ2n) is 5.70. The highest BCUT2D eigenvalue weighted by Crippen LogP contribution is 2.14. The van der Waals surface area contributed by atoms with Gasteiger partial charge in [0.05, 0.1) is 0 Å². The average molecular weight is 214 g/mol. The van der Waals surface area contributed by atoms with Crippen LogP contribution in [0, 0.1) is 17.8 Å². The predicted octanol–water partition coefficient (Wildman–Crippen LogP) is 2.58. The molecule has 2 N–H and O–H groups in total. The van der Waals surface area contributed by atoms with Crippen molar-refractivity contribution < 1.29 is 0 Å². The lowest BCUT2D eigenvalue weighted by molar-refractivity contribution is 0.131. The van der Waals surface area contributed by atoms with Gasteiger partial charge in [0.2, 0.25) is 0 Å². The smallest absolute Gasteiger partial charge is 0.0105 e. The molecule has 0 aromatic heterocycles. The van der Waals surface area contributed by atoms with Gasteiger partial charge in [-0.2, -0.15) is 0 Å². The highest BCUT2D eigenvalue weighted by Gasteiger charge is 2.20. The molecule has 0 aliphatic rings. The van der Waals surface area contributed by atoms with E-state index in [1.807, 2.05) is 0 Å². The van der Waals surface area contributed by atoms with Gasteiger partial charge < -0.3 is 5.73 Å². The Morgan fingerprint density at radius 2 is 1.27 bits per heavy atom. The Morgan fingerprint density at radius 1 is 0.867 bits per heavy atom. The fraction of sp³-hybridized carbons (Fsp3) is 1.00. The molecule has 0 saturated carbocycles. The first-order valence-corrected chi connectivity index (χ1v) is 6.32. The van der Waals surface area contributed by atoms with Crippen molar-refractivity contribution in [3.8, 4) is 0 Å². The number of hydrogen-bond acceptors (Lipinski definition) is 2. The van der Waals surface area contributed by atoms with Crippen LogP contribution >= 0.6 is 0 Å². The molecule has 0 bridgehead atoms. The van der Waals surface area contributed by atoms with E-state index in [0.717, 1.165) is 18.4 Å². The quantitative estimate of drug-likeness (QED) is 0.706. The third kappa shape index (κ3) is 6.16. The summed E-state index contributed by atoms with van der Waals surface area (Å²) >= 11 is 0. The molecule has 0 fully saturated rings. The molecule has 0 aromatic carbocycles. The van der Waals surface area contributed by atoms with Gasteiger partial charge in [0.15, 0.2) is 0 Å². The summed E-state index contributed by atoms with van der Waals surface area (Å²) in [5.41, 5.74) is 5.75. The maximum absolute atomic E-state index is 5.75. The summed E-state index contributed by atoms with van der Waals surface area (Å²) in [6.45, 7) is 16.8. The minimum Gasteiger partial charge on any atom is -0.330 e. The molecular weight excluding hydrogens is 184 g/mol. The molecule has 2 unspecified atom stereocenters. The number of rotatable bonds is 7.